The summed E-state index contributed by atoms with van der Waals surface area (Å²) in [7, 11) is 0. The van der Waals surface area contributed by atoms with Crippen molar-refractivity contribution in [3.05, 3.63) is 41.7 Å². The molecule has 1 aliphatic rings. The van der Waals surface area contributed by atoms with Gasteiger partial charge in [-0.25, -0.2) is 0 Å². The highest BCUT2D eigenvalue weighted by molar-refractivity contribution is 5.77. The Labute approximate surface area is 172 Å². The van der Waals surface area contributed by atoms with Crippen LogP contribution < -0.4 is 0 Å². The molecule has 0 aliphatic carbocycles. The number of aromatic amines is 1. The number of unbranched alkanes of at least 4 members (excludes halogenated alkanes) is 3. The Morgan fingerprint density at radius 2 is 2.00 bits per heavy atom. The number of H-pyrrole nitrogens is 1. The van der Waals surface area contributed by atoms with Gasteiger partial charge in [-0.3, -0.25) is 4.79 Å². The molecule has 1 amide bonds. The van der Waals surface area contributed by atoms with Crippen LogP contribution in [0.2, 0.25) is 0 Å². The third-order valence-corrected chi connectivity index (χ3v) is 5.77. The zero-order valence-corrected chi connectivity index (χ0v) is 17.2. The van der Waals surface area contributed by atoms with Crippen molar-refractivity contribution in [2.24, 2.45) is 0 Å². The first kappa shape index (κ1) is 21.4. The second-order valence-electron chi connectivity index (χ2n) is 8.05. The first-order chi connectivity index (χ1) is 14.2. The van der Waals surface area contributed by atoms with Gasteiger partial charge in [0.25, 0.3) is 0 Å². The number of likely N-dealkylation sites (tertiary alicyclic amines) is 1. The molecule has 3 rings (SSSR count). The largest absolute Gasteiger partial charge is 0.393 e. The van der Waals surface area contributed by atoms with Crippen molar-refractivity contribution < 1.29 is 9.90 Å². The van der Waals surface area contributed by atoms with Crippen molar-refractivity contribution in [3.8, 4) is 0 Å². The summed E-state index contributed by atoms with van der Waals surface area (Å²) in [6.45, 7) is 0.834. The lowest BCUT2D eigenvalue weighted by Gasteiger charge is -2.36. The Bertz CT molecular complexity index is 707. The van der Waals surface area contributed by atoms with Gasteiger partial charge in [0.1, 0.15) is 0 Å². The fourth-order valence-corrected chi connectivity index (χ4v) is 4.18. The molecular weight excluding hydrogens is 366 g/mol. The number of amides is 1. The van der Waals surface area contributed by atoms with Crippen LogP contribution in [0.3, 0.4) is 0 Å². The first-order valence-electron chi connectivity index (χ1n) is 11.0. The number of aryl methyl sites for hydroxylation is 1. The molecule has 2 aromatic rings. The van der Waals surface area contributed by atoms with E-state index < -0.39 is 0 Å². The van der Waals surface area contributed by atoms with E-state index in [4.69, 9.17) is 0 Å². The molecule has 2 heterocycles. The van der Waals surface area contributed by atoms with E-state index in [2.05, 4.69) is 37.7 Å². The molecule has 1 fully saturated rings. The molecule has 1 aromatic heterocycles. The number of aromatic nitrogens is 4. The Kier molecular flexibility index (Phi) is 8.61. The third kappa shape index (κ3) is 7.24. The van der Waals surface area contributed by atoms with Crippen LogP contribution in [0.5, 0.6) is 0 Å². The maximum absolute atomic E-state index is 12.5. The second kappa shape index (κ2) is 11.7. The molecule has 0 spiro atoms. The quantitative estimate of drug-likeness (QED) is 0.535. The normalized spacial score (nSPS) is 18.2. The molecular formula is C22H33N5O2. The van der Waals surface area contributed by atoms with Crippen molar-refractivity contribution in [3.63, 3.8) is 0 Å². The van der Waals surface area contributed by atoms with E-state index in [1.54, 1.807) is 0 Å². The predicted octanol–water partition coefficient (Wildman–Crippen LogP) is 3.07. The van der Waals surface area contributed by atoms with E-state index in [1.807, 2.05) is 18.2 Å². The average molecular weight is 400 g/mol. The van der Waals surface area contributed by atoms with Gasteiger partial charge in [-0.15, -0.1) is 10.2 Å². The second-order valence-corrected chi connectivity index (χ2v) is 8.05. The number of nitrogens with zero attached hydrogens (tertiary/aromatic N) is 4. The number of rotatable bonds is 12. The maximum atomic E-state index is 12.5. The summed E-state index contributed by atoms with van der Waals surface area (Å²) in [6, 6.07) is 10.4. The molecule has 1 unspecified atom stereocenters. The number of aliphatic hydroxyl groups excluding tert-OH is 1. The van der Waals surface area contributed by atoms with Gasteiger partial charge in [0.2, 0.25) is 5.91 Å². The van der Waals surface area contributed by atoms with Crippen LogP contribution in [-0.4, -0.2) is 55.2 Å². The first-order valence-corrected chi connectivity index (χ1v) is 11.0. The number of nitrogens with one attached hydrogen (secondary N) is 1. The fraction of sp³-hybridized carbons (Fsp3) is 0.636. The smallest absolute Gasteiger partial charge is 0.222 e. The molecule has 1 aliphatic heterocycles. The van der Waals surface area contributed by atoms with Gasteiger partial charge in [0, 0.05) is 25.4 Å². The van der Waals surface area contributed by atoms with Crippen LogP contribution in [-0.2, 0) is 17.6 Å². The summed E-state index contributed by atoms with van der Waals surface area (Å²) in [4.78, 5) is 14.5. The molecule has 7 nitrogen and oxygen atoms in total. The lowest BCUT2D eigenvalue weighted by Crippen LogP contribution is -2.44. The third-order valence-electron chi connectivity index (χ3n) is 5.77. The lowest BCUT2D eigenvalue weighted by atomic mass is 9.94. The number of tetrazole rings is 1. The standard InChI is InChI=1S/C22H33N5O2/c28-20(17-18-9-4-3-5-10-18)15-14-19-11-8-13-22(29)27(19)16-7-2-1-6-12-21-23-25-26-24-21/h3-5,9-10,19-20,28H,1-2,6-8,11-17H2,(H,23,24,25,26)/t19-,20?/m1/s1. The minimum atomic E-state index is -0.346. The number of hydrogen-bond acceptors (Lipinski definition) is 5. The van der Waals surface area contributed by atoms with Crippen molar-refractivity contribution in [1.82, 2.24) is 25.5 Å². The van der Waals surface area contributed by atoms with Crippen LogP contribution in [0, 0.1) is 0 Å². The van der Waals surface area contributed by atoms with Crippen molar-refractivity contribution in [2.45, 2.75) is 82.8 Å². The molecule has 29 heavy (non-hydrogen) atoms. The molecule has 2 atom stereocenters. The summed E-state index contributed by atoms with van der Waals surface area (Å²) >= 11 is 0. The van der Waals surface area contributed by atoms with E-state index in [9.17, 15) is 9.90 Å². The molecule has 1 saturated heterocycles. The number of hydrogen-bond donors (Lipinski definition) is 2. The van der Waals surface area contributed by atoms with E-state index in [0.29, 0.717) is 12.8 Å². The van der Waals surface area contributed by atoms with Gasteiger partial charge in [0.05, 0.1) is 6.10 Å². The van der Waals surface area contributed by atoms with Crippen LogP contribution >= 0.6 is 0 Å². The Hall–Kier alpha value is -2.28. The van der Waals surface area contributed by atoms with Gasteiger partial charge in [0.15, 0.2) is 5.82 Å². The number of carbonyl (C=O) groups excluding carboxylic acids is 1. The number of aliphatic hydroxyl groups is 1. The number of piperidine rings is 1. The van der Waals surface area contributed by atoms with E-state index in [-0.39, 0.29) is 18.1 Å². The predicted molar refractivity (Wildman–Crippen MR) is 111 cm³/mol. The lowest BCUT2D eigenvalue weighted by molar-refractivity contribution is -0.136. The highest BCUT2D eigenvalue weighted by Crippen LogP contribution is 2.24. The van der Waals surface area contributed by atoms with E-state index in [1.165, 1.54) is 0 Å². The molecule has 158 valence electrons. The highest BCUT2D eigenvalue weighted by atomic mass is 16.3. The zero-order valence-electron chi connectivity index (χ0n) is 17.2. The van der Waals surface area contributed by atoms with Gasteiger partial charge in [-0.2, -0.15) is 5.21 Å². The molecule has 0 saturated carbocycles. The molecule has 1 aromatic carbocycles. The number of benzene rings is 1. The van der Waals surface area contributed by atoms with Crippen LogP contribution in [0.15, 0.2) is 30.3 Å². The van der Waals surface area contributed by atoms with Crippen LogP contribution in [0.1, 0.15) is 69.2 Å². The molecule has 0 bridgehead atoms. The topological polar surface area (TPSA) is 95.0 Å². The summed E-state index contributed by atoms with van der Waals surface area (Å²) in [6.07, 6.45) is 9.80. The van der Waals surface area contributed by atoms with Crippen molar-refractivity contribution in [2.75, 3.05) is 6.54 Å². The van der Waals surface area contributed by atoms with E-state index in [0.717, 1.165) is 75.7 Å². The van der Waals surface area contributed by atoms with E-state index >= 15 is 0 Å². The van der Waals surface area contributed by atoms with Crippen LogP contribution in [0.4, 0.5) is 0 Å². The van der Waals surface area contributed by atoms with Crippen LogP contribution in [0.25, 0.3) is 0 Å². The summed E-state index contributed by atoms with van der Waals surface area (Å²) < 4.78 is 0. The maximum Gasteiger partial charge on any atom is 0.222 e. The van der Waals surface area contributed by atoms with Crippen molar-refractivity contribution >= 4 is 5.91 Å². The minimum absolute atomic E-state index is 0.279. The molecule has 0 radical (unpaired) electrons. The highest BCUT2D eigenvalue weighted by Gasteiger charge is 2.27. The summed E-state index contributed by atoms with van der Waals surface area (Å²) in [5.41, 5.74) is 1.16. The molecule has 2 N–H and O–H groups in total. The Balaban J connectivity index is 1.36. The number of carbonyl (C=O) groups is 1. The summed E-state index contributed by atoms with van der Waals surface area (Å²) in [5.74, 6) is 1.05. The monoisotopic (exact) mass is 399 g/mol. The SMILES string of the molecule is O=C1CCC[C@H](CCC(O)Cc2ccccc2)N1CCCCCCc1nn[nH]n1. The van der Waals surface area contributed by atoms with Gasteiger partial charge in [-0.1, -0.05) is 48.4 Å². The Morgan fingerprint density at radius 3 is 2.79 bits per heavy atom. The fourth-order valence-electron chi connectivity index (χ4n) is 4.18. The van der Waals surface area contributed by atoms with Crippen molar-refractivity contribution in [1.29, 1.82) is 0 Å². The van der Waals surface area contributed by atoms with Gasteiger partial charge >= 0.3 is 0 Å². The minimum Gasteiger partial charge on any atom is -0.393 e. The van der Waals surface area contributed by atoms with Gasteiger partial charge < -0.3 is 10.0 Å². The average Bonchev–Trinajstić information content (AvgIpc) is 3.24. The zero-order chi connectivity index (χ0) is 20.3. The van der Waals surface area contributed by atoms with Gasteiger partial charge in [-0.05, 0) is 50.5 Å². The molecule has 7 heteroatoms. The Morgan fingerprint density at radius 1 is 1.17 bits per heavy atom. The summed E-state index contributed by atoms with van der Waals surface area (Å²) in [5, 5.41) is 24.4.